The van der Waals surface area contributed by atoms with Crippen LogP contribution in [0.15, 0.2) is 42.5 Å². The predicted molar refractivity (Wildman–Crippen MR) is 94.5 cm³/mol. The third-order valence-electron chi connectivity index (χ3n) is 5.21. The van der Waals surface area contributed by atoms with E-state index in [1.54, 1.807) is 18.2 Å². The lowest BCUT2D eigenvalue weighted by molar-refractivity contribution is -0.125. The summed E-state index contributed by atoms with van der Waals surface area (Å²) in [6.07, 6.45) is 0. The molecular formula is C19H15Cl2NO2. The van der Waals surface area contributed by atoms with Crippen LogP contribution in [0.3, 0.4) is 0 Å². The van der Waals surface area contributed by atoms with Crippen molar-refractivity contribution < 1.29 is 9.59 Å². The number of aryl methyl sites for hydroxylation is 1. The van der Waals surface area contributed by atoms with Gasteiger partial charge in [0.15, 0.2) is 0 Å². The molecule has 3 atom stereocenters. The number of benzene rings is 2. The number of fused-ring (bicyclic) bond motifs is 1. The van der Waals surface area contributed by atoms with Gasteiger partial charge in [0.1, 0.15) is 0 Å². The van der Waals surface area contributed by atoms with Crippen LogP contribution in [0.5, 0.6) is 0 Å². The summed E-state index contributed by atoms with van der Waals surface area (Å²) in [6.45, 7) is 3.88. The largest absolute Gasteiger partial charge is 0.274 e. The number of carbonyl (C=O) groups is 2. The van der Waals surface area contributed by atoms with Gasteiger partial charge in [-0.15, -0.1) is 0 Å². The quantitative estimate of drug-likeness (QED) is 0.735. The van der Waals surface area contributed by atoms with Crippen molar-refractivity contribution in [3.8, 4) is 0 Å². The van der Waals surface area contributed by atoms with E-state index >= 15 is 0 Å². The van der Waals surface area contributed by atoms with Crippen LogP contribution in [-0.2, 0) is 9.59 Å². The Morgan fingerprint density at radius 2 is 1.54 bits per heavy atom. The van der Waals surface area contributed by atoms with Crippen molar-refractivity contribution in [1.82, 2.24) is 0 Å². The van der Waals surface area contributed by atoms with Crippen molar-refractivity contribution in [1.29, 1.82) is 0 Å². The highest BCUT2D eigenvalue weighted by Crippen LogP contribution is 2.69. The predicted octanol–water partition coefficient (Wildman–Crippen LogP) is 4.59. The van der Waals surface area contributed by atoms with Gasteiger partial charge in [-0.25, -0.2) is 4.90 Å². The lowest BCUT2D eigenvalue weighted by atomic mass is 9.99. The number of nitrogens with zero attached hydrogens (tertiary/aromatic N) is 1. The van der Waals surface area contributed by atoms with E-state index in [2.05, 4.69) is 0 Å². The van der Waals surface area contributed by atoms with Crippen LogP contribution >= 0.6 is 23.2 Å². The summed E-state index contributed by atoms with van der Waals surface area (Å²) in [7, 11) is 0. The third-order valence-corrected chi connectivity index (χ3v) is 5.65. The number of hydrogen-bond donors (Lipinski definition) is 0. The summed E-state index contributed by atoms with van der Waals surface area (Å²) in [6, 6.07) is 12.8. The summed E-state index contributed by atoms with van der Waals surface area (Å²) >= 11 is 12.0. The molecule has 4 rings (SSSR count). The lowest BCUT2D eigenvalue weighted by Gasteiger charge is -2.21. The van der Waals surface area contributed by atoms with Gasteiger partial charge >= 0.3 is 0 Å². The molecule has 2 fully saturated rings. The highest BCUT2D eigenvalue weighted by Gasteiger charge is 2.76. The molecule has 1 saturated carbocycles. The van der Waals surface area contributed by atoms with Crippen LogP contribution in [0.2, 0.25) is 10.0 Å². The molecular weight excluding hydrogens is 345 g/mol. The number of halogens is 2. The molecule has 1 aliphatic heterocycles. The molecule has 2 amide bonds. The standard InChI is InChI=1S/C19H15Cl2NO2/c1-10-3-5-11(6-4-10)15-16-17(23)22(18(24)19(15,16)2)14-8-12(20)7-13(21)9-14/h3-9,15-16H,1-2H3/t15-,16-,19-/m1/s1. The Labute approximate surface area is 150 Å². The molecule has 1 aliphatic carbocycles. The fourth-order valence-corrected chi connectivity index (χ4v) is 4.40. The molecule has 0 N–H and O–H groups in total. The molecule has 122 valence electrons. The van der Waals surface area contributed by atoms with Gasteiger partial charge in [0, 0.05) is 16.0 Å². The van der Waals surface area contributed by atoms with Crippen LogP contribution in [0, 0.1) is 18.3 Å². The van der Waals surface area contributed by atoms with Gasteiger partial charge in [0.2, 0.25) is 11.8 Å². The lowest BCUT2D eigenvalue weighted by Crippen LogP contribution is -2.36. The van der Waals surface area contributed by atoms with Gasteiger partial charge in [0.05, 0.1) is 17.0 Å². The minimum atomic E-state index is -0.679. The van der Waals surface area contributed by atoms with E-state index in [9.17, 15) is 9.59 Å². The van der Waals surface area contributed by atoms with E-state index in [1.165, 1.54) is 4.90 Å². The van der Waals surface area contributed by atoms with Crippen LogP contribution in [-0.4, -0.2) is 11.8 Å². The van der Waals surface area contributed by atoms with E-state index in [0.717, 1.165) is 11.1 Å². The Balaban J connectivity index is 1.70. The van der Waals surface area contributed by atoms with Gasteiger partial charge in [-0.1, -0.05) is 53.0 Å². The van der Waals surface area contributed by atoms with Crippen LogP contribution in [0.25, 0.3) is 0 Å². The topological polar surface area (TPSA) is 37.4 Å². The highest BCUT2D eigenvalue weighted by molar-refractivity contribution is 6.36. The van der Waals surface area contributed by atoms with Crippen molar-refractivity contribution in [3.05, 3.63) is 63.6 Å². The Morgan fingerprint density at radius 3 is 2.04 bits per heavy atom. The second kappa shape index (κ2) is 5.08. The molecule has 1 heterocycles. The Bertz CT molecular complexity index is 857. The van der Waals surface area contributed by atoms with E-state index in [4.69, 9.17) is 23.2 Å². The van der Waals surface area contributed by atoms with Crippen molar-refractivity contribution in [3.63, 3.8) is 0 Å². The molecule has 2 aromatic rings. The number of piperidine rings is 1. The first-order valence-electron chi connectivity index (χ1n) is 7.75. The zero-order valence-electron chi connectivity index (χ0n) is 13.2. The first-order valence-corrected chi connectivity index (χ1v) is 8.50. The van der Waals surface area contributed by atoms with E-state index in [1.807, 2.05) is 38.1 Å². The number of hydrogen-bond acceptors (Lipinski definition) is 2. The fourth-order valence-electron chi connectivity index (χ4n) is 3.88. The Morgan fingerprint density at radius 1 is 0.958 bits per heavy atom. The molecule has 1 saturated heterocycles. The summed E-state index contributed by atoms with van der Waals surface area (Å²) in [5, 5.41) is 0.804. The maximum Gasteiger partial charge on any atom is 0.241 e. The number of imide groups is 1. The molecule has 24 heavy (non-hydrogen) atoms. The zero-order chi connectivity index (χ0) is 17.2. The van der Waals surface area contributed by atoms with Gasteiger partial charge in [-0.2, -0.15) is 0 Å². The molecule has 0 aromatic heterocycles. The molecule has 3 nitrogen and oxygen atoms in total. The van der Waals surface area contributed by atoms with Crippen molar-refractivity contribution >= 4 is 40.7 Å². The van der Waals surface area contributed by atoms with Crippen molar-refractivity contribution in [2.24, 2.45) is 11.3 Å². The molecule has 0 radical (unpaired) electrons. The van der Waals surface area contributed by atoms with Crippen LogP contribution in [0.1, 0.15) is 24.0 Å². The molecule has 2 aliphatic rings. The minimum absolute atomic E-state index is 0.0518. The number of rotatable bonds is 2. The summed E-state index contributed by atoms with van der Waals surface area (Å²) in [4.78, 5) is 27.1. The Kier molecular flexibility index (Phi) is 3.32. The second-order valence-electron chi connectivity index (χ2n) is 6.76. The zero-order valence-corrected chi connectivity index (χ0v) is 14.7. The van der Waals surface area contributed by atoms with Gasteiger partial charge in [-0.3, -0.25) is 9.59 Å². The first kappa shape index (κ1) is 15.7. The summed E-state index contributed by atoms with van der Waals surface area (Å²) in [5.41, 5.74) is 1.96. The maximum absolute atomic E-state index is 13.0. The fraction of sp³-hybridized carbons (Fsp3) is 0.263. The summed E-state index contributed by atoms with van der Waals surface area (Å²) in [5.74, 6) is -0.720. The number of amides is 2. The molecule has 5 heteroatoms. The average molecular weight is 360 g/mol. The highest BCUT2D eigenvalue weighted by atomic mass is 35.5. The average Bonchev–Trinajstić information content (AvgIpc) is 3.08. The molecule has 0 bridgehead atoms. The van der Waals surface area contributed by atoms with Crippen LogP contribution in [0.4, 0.5) is 5.69 Å². The van der Waals surface area contributed by atoms with Gasteiger partial charge < -0.3 is 0 Å². The van der Waals surface area contributed by atoms with Crippen LogP contribution < -0.4 is 4.90 Å². The maximum atomic E-state index is 13.0. The minimum Gasteiger partial charge on any atom is -0.274 e. The van der Waals surface area contributed by atoms with E-state index in [0.29, 0.717) is 15.7 Å². The van der Waals surface area contributed by atoms with Crippen molar-refractivity contribution in [2.45, 2.75) is 19.8 Å². The second-order valence-corrected chi connectivity index (χ2v) is 7.63. The molecule has 0 unspecified atom stereocenters. The summed E-state index contributed by atoms with van der Waals surface area (Å²) < 4.78 is 0. The molecule has 0 spiro atoms. The SMILES string of the molecule is Cc1ccc([C@@H]2[C@@H]3C(=O)N(c4cc(Cl)cc(Cl)c4)C(=O)[C@]23C)cc1. The van der Waals surface area contributed by atoms with E-state index in [-0.39, 0.29) is 23.7 Å². The van der Waals surface area contributed by atoms with Crippen molar-refractivity contribution in [2.75, 3.05) is 4.90 Å². The third kappa shape index (κ3) is 2.04. The van der Waals surface area contributed by atoms with Gasteiger partial charge in [-0.05, 0) is 37.6 Å². The molecule has 2 aromatic carbocycles. The monoisotopic (exact) mass is 359 g/mol. The first-order chi connectivity index (χ1) is 11.3. The van der Waals surface area contributed by atoms with Gasteiger partial charge in [0.25, 0.3) is 0 Å². The van der Waals surface area contributed by atoms with E-state index < -0.39 is 5.41 Å². The smallest absolute Gasteiger partial charge is 0.241 e. The normalized spacial score (nSPS) is 28.2. The number of anilines is 1. The Hall–Kier alpha value is -1.84. The number of carbonyl (C=O) groups excluding carboxylic acids is 2.